The summed E-state index contributed by atoms with van der Waals surface area (Å²) in [5, 5.41) is 1.02. The number of nitrogens with one attached hydrogen (secondary N) is 1. The number of oxazole rings is 1. The molecule has 2 heterocycles. The number of hydrogen-bond acceptors (Lipinski definition) is 4. The summed E-state index contributed by atoms with van der Waals surface area (Å²) < 4.78 is 6.15. The van der Waals surface area contributed by atoms with Crippen molar-refractivity contribution in [2.45, 2.75) is 6.42 Å². The largest absolute Gasteiger partial charge is 0.426 e. The van der Waals surface area contributed by atoms with Gasteiger partial charge in [0.15, 0.2) is 5.58 Å². The zero-order chi connectivity index (χ0) is 16.0. The van der Waals surface area contributed by atoms with E-state index in [1.165, 1.54) is 6.07 Å². The maximum Gasteiger partial charge on any atom is 0.426 e. The zero-order valence-electron chi connectivity index (χ0n) is 12.1. The van der Waals surface area contributed by atoms with Gasteiger partial charge in [0.1, 0.15) is 0 Å². The molecule has 0 bridgehead atoms. The topological polar surface area (TPSA) is 94.0 Å². The van der Waals surface area contributed by atoms with E-state index in [0.29, 0.717) is 16.8 Å². The van der Waals surface area contributed by atoms with Crippen LogP contribution in [-0.2, 0) is 6.42 Å². The standard InChI is InChI=1S/C17H13N3O3/c18-12-2-4-14-15(9-12)23-17(22)20(14)16(21)8-10-1-3-13-11(7-10)5-6-19-13/h1-7,9,19H,8,18H2. The lowest BCUT2D eigenvalue weighted by Crippen LogP contribution is -2.24. The van der Waals surface area contributed by atoms with Crippen LogP contribution >= 0.6 is 0 Å². The number of carbonyl (C=O) groups is 1. The van der Waals surface area contributed by atoms with Gasteiger partial charge >= 0.3 is 5.76 Å². The van der Waals surface area contributed by atoms with E-state index in [-0.39, 0.29) is 12.3 Å². The van der Waals surface area contributed by atoms with Crippen molar-refractivity contribution >= 4 is 33.6 Å². The number of aromatic nitrogens is 2. The number of carbonyl (C=O) groups excluding carboxylic acids is 1. The van der Waals surface area contributed by atoms with Gasteiger partial charge in [0, 0.05) is 23.5 Å². The van der Waals surface area contributed by atoms with Gasteiger partial charge in [-0.1, -0.05) is 6.07 Å². The Balaban J connectivity index is 1.74. The van der Waals surface area contributed by atoms with Crippen molar-refractivity contribution in [1.29, 1.82) is 0 Å². The summed E-state index contributed by atoms with van der Waals surface area (Å²) in [6, 6.07) is 12.4. The van der Waals surface area contributed by atoms with Crippen LogP contribution in [0.2, 0.25) is 0 Å². The van der Waals surface area contributed by atoms with Gasteiger partial charge in [-0.25, -0.2) is 9.36 Å². The summed E-state index contributed by atoms with van der Waals surface area (Å²) in [5.41, 5.74) is 8.71. The highest BCUT2D eigenvalue weighted by Crippen LogP contribution is 2.18. The summed E-state index contributed by atoms with van der Waals surface area (Å²) in [7, 11) is 0. The van der Waals surface area contributed by atoms with E-state index in [1.54, 1.807) is 12.1 Å². The van der Waals surface area contributed by atoms with Crippen LogP contribution in [0.3, 0.4) is 0 Å². The van der Waals surface area contributed by atoms with Crippen LogP contribution in [-0.4, -0.2) is 15.5 Å². The minimum Gasteiger partial charge on any atom is -0.407 e. The Kier molecular flexibility index (Phi) is 2.84. The quantitative estimate of drug-likeness (QED) is 0.556. The molecule has 4 aromatic rings. The average Bonchev–Trinajstić information content (AvgIpc) is 3.09. The summed E-state index contributed by atoms with van der Waals surface area (Å²) in [6.45, 7) is 0. The monoisotopic (exact) mass is 307 g/mol. The van der Waals surface area contributed by atoms with Crippen LogP contribution in [0.1, 0.15) is 10.4 Å². The predicted octanol–water partition coefficient (Wildman–Crippen LogP) is 2.54. The number of H-pyrrole nitrogens is 1. The van der Waals surface area contributed by atoms with E-state index >= 15 is 0 Å². The summed E-state index contributed by atoms with van der Waals surface area (Å²) >= 11 is 0. The van der Waals surface area contributed by atoms with Crippen molar-refractivity contribution in [3.8, 4) is 0 Å². The second kappa shape index (κ2) is 4.88. The molecule has 0 unspecified atom stereocenters. The maximum absolute atomic E-state index is 12.5. The van der Waals surface area contributed by atoms with Crippen LogP contribution in [0.4, 0.5) is 5.69 Å². The fraction of sp³-hybridized carbons (Fsp3) is 0.0588. The second-order valence-corrected chi connectivity index (χ2v) is 5.40. The molecule has 0 saturated carbocycles. The highest BCUT2D eigenvalue weighted by atomic mass is 16.4. The fourth-order valence-corrected chi connectivity index (χ4v) is 2.74. The zero-order valence-corrected chi connectivity index (χ0v) is 12.1. The third kappa shape index (κ3) is 2.20. The molecule has 0 aliphatic heterocycles. The molecule has 0 atom stereocenters. The van der Waals surface area contributed by atoms with Gasteiger partial charge < -0.3 is 15.1 Å². The van der Waals surface area contributed by atoms with Gasteiger partial charge in [0.05, 0.1) is 11.9 Å². The van der Waals surface area contributed by atoms with Crippen LogP contribution in [0.5, 0.6) is 0 Å². The smallest absolute Gasteiger partial charge is 0.407 e. The van der Waals surface area contributed by atoms with Crippen LogP contribution in [0.25, 0.3) is 22.0 Å². The molecule has 0 fully saturated rings. The van der Waals surface area contributed by atoms with E-state index in [0.717, 1.165) is 21.0 Å². The van der Waals surface area contributed by atoms with Crippen LogP contribution in [0, 0.1) is 0 Å². The van der Waals surface area contributed by atoms with Gasteiger partial charge in [0.2, 0.25) is 5.91 Å². The molecule has 2 aromatic heterocycles. The Morgan fingerprint density at radius 2 is 2.04 bits per heavy atom. The predicted molar refractivity (Wildman–Crippen MR) is 87.5 cm³/mol. The highest BCUT2D eigenvalue weighted by molar-refractivity contribution is 5.92. The molecule has 0 aliphatic carbocycles. The number of hydrogen-bond donors (Lipinski definition) is 2. The van der Waals surface area contributed by atoms with Gasteiger partial charge in [-0.05, 0) is 41.3 Å². The Bertz CT molecular complexity index is 1100. The number of aromatic amines is 1. The molecule has 114 valence electrons. The van der Waals surface area contributed by atoms with Crippen molar-refractivity contribution in [2.24, 2.45) is 0 Å². The molecule has 0 saturated heterocycles. The minimum absolute atomic E-state index is 0.111. The summed E-state index contributed by atoms with van der Waals surface area (Å²) in [5.74, 6) is -1.04. The van der Waals surface area contributed by atoms with Gasteiger partial charge in [0.25, 0.3) is 0 Å². The molecular weight excluding hydrogens is 294 g/mol. The summed E-state index contributed by atoms with van der Waals surface area (Å²) in [4.78, 5) is 27.6. The first-order valence-corrected chi connectivity index (χ1v) is 7.12. The van der Waals surface area contributed by atoms with Gasteiger partial charge in [-0.2, -0.15) is 0 Å². The van der Waals surface area contributed by atoms with Crippen molar-refractivity contribution in [3.05, 3.63) is 64.8 Å². The molecule has 0 aliphatic rings. The van der Waals surface area contributed by atoms with E-state index < -0.39 is 5.76 Å². The van der Waals surface area contributed by atoms with E-state index in [4.69, 9.17) is 10.2 Å². The number of anilines is 1. The fourth-order valence-electron chi connectivity index (χ4n) is 2.74. The Morgan fingerprint density at radius 3 is 2.91 bits per heavy atom. The van der Waals surface area contributed by atoms with Crippen molar-refractivity contribution < 1.29 is 9.21 Å². The number of nitrogens with zero attached hydrogens (tertiary/aromatic N) is 1. The maximum atomic E-state index is 12.5. The lowest BCUT2D eigenvalue weighted by Gasteiger charge is -2.03. The minimum atomic E-state index is -0.696. The van der Waals surface area contributed by atoms with E-state index in [1.807, 2.05) is 30.5 Å². The Morgan fingerprint density at radius 1 is 1.17 bits per heavy atom. The third-order valence-electron chi connectivity index (χ3n) is 3.83. The Hall–Kier alpha value is -3.28. The highest BCUT2D eigenvalue weighted by Gasteiger charge is 2.16. The number of rotatable bonds is 2. The molecule has 6 heteroatoms. The molecule has 0 radical (unpaired) electrons. The van der Waals surface area contributed by atoms with E-state index in [2.05, 4.69) is 4.98 Å². The molecular formula is C17H13N3O3. The van der Waals surface area contributed by atoms with Crippen molar-refractivity contribution in [3.63, 3.8) is 0 Å². The summed E-state index contributed by atoms with van der Waals surface area (Å²) in [6.07, 6.45) is 1.95. The normalized spacial score (nSPS) is 11.3. The molecule has 23 heavy (non-hydrogen) atoms. The molecule has 2 aromatic carbocycles. The van der Waals surface area contributed by atoms with Gasteiger partial charge in [-0.15, -0.1) is 0 Å². The molecule has 6 nitrogen and oxygen atoms in total. The van der Waals surface area contributed by atoms with Crippen LogP contribution in [0.15, 0.2) is 57.9 Å². The number of fused-ring (bicyclic) bond motifs is 2. The Labute approximate surface area is 130 Å². The third-order valence-corrected chi connectivity index (χ3v) is 3.83. The van der Waals surface area contributed by atoms with Crippen molar-refractivity contribution in [2.75, 3.05) is 5.73 Å². The lowest BCUT2D eigenvalue weighted by atomic mass is 10.1. The molecule has 0 spiro atoms. The molecule has 3 N–H and O–H groups in total. The first kappa shape index (κ1) is 13.4. The first-order valence-electron chi connectivity index (χ1n) is 7.12. The SMILES string of the molecule is Nc1ccc2c(c1)oc(=O)n2C(=O)Cc1ccc2[nH]ccc2c1. The van der Waals surface area contributed by atoms with Gasteiger partial charge in [-0.3, -0.25) is 4.79 Å². The van der Waals surface area contributed by atoms with Crippen LogP contribution < -0.4 is 11.5 Å². The molecule has 0 amide bonds. The van der Waals surface area contributed by atoms with Crippen molar-refractivity contribution in [1.82, 2.24) is 9.55 Å². The number of nitrogens with two attached hydrogens (primary N) is 1. The average molecular weight is 307 g/mol. The van der Waals surface area contributed by atoms with E-state index in [9.17, 15) is 9.59 Å². The number of nitrogen functional groups attached to an aromatic ring is 1. The molecule has 4 rings (SSSR count). The second-order valence-electron chi connectivity index (χ2n) is 5.40. The number of benzene rings is 2. The lowest BCUT2D eigenvalue weighted by molar-refractivity contribution is 0.0910. The first-order chi connectivity index (χ1) is 11.1.